The molecule has 23 heavy (non-hydrogen) atoms. The van der Waals surface area contributed by atoms with E-state index in [-0.39, 0.29) is 13.2 Å². The third-order valence-corrected chi connectivity index (χ3v) is 2.54. The van der Waals surface area contributed by atoms with Crippen LogP contribution in [0.4, 0.5) is 4.79 Å². The van der Waals surface area contributed by atoms with Gasteiger partial charge < -0.3 is 25.2 Å². The SMILES string of the molecule is CO.COC(=O)C(C)NC(=O)CNC(=O)OCc1ccccc1. The molecule has 1 atom stereocenters. The van der Waals surface area contributed by atoms with Crippen molar-refractivity contribution in [3.05, 3.63) is 35.9 Å². The van der Waals surface area contributed by atoms with E-state index >= 15 is 0 Å². The minimum absolute atomic E-state index is 0.118. The maximum atomic E-state index is 11.5. The molecule has 0 spiro atoms. The number of nitrogens with one attached hydrogen (secondary N) is 2. The number of hydrogen-bond acceptors (Lipinski definition) is 6. The zero-order chi connectivity index (χ0) is 17.7. The molecule has 3 N–H and O–H groups in total. The Labute approximate surface area is 134 Å². The summed E-state index contributed by atoms with van der Waals surface area (Å²) in [6, 6.07) is 8.38. The summed E-state index contributed by atoms with van der Waals surface area (Å²) in [7, 11) is 2.23. The molecule has 0 heterocycles. The highest BCUT2D eigenvalue weighted by atomic mass is 16.5. The Morgan fingerprint density at radius 2 is 1.78 bits per heavy atom. The van der Waals surface area contributed by atoms with Crippen LogP contribution >= 0.6 is 0 Å². The van der Waals surface area contributed by atoms with Crippen LogP contribution in [0.15, 0.2) is 30.3 Å². The second-order valence-corrected chi connectivity index (χ2v) is 4.23. The zero-order valence-corrected chi connectivity index (χ0v) is 13.4. The number of hydrogen-bond donors (Lipinski definition) is 3. The molecule has 0 fully saturated rings. The van der Waals surface area contributed by atoms with E-state index in [1.165, 1.54) is 14.0 Å². The van der Waals surface area contributed by atoms with Crippen LogP contribution in [0.5, 0.6) is 0 Å². The maximum absolute atomic E-state index is 11.5. The molecule has 0 aliphatic carbocycles. The molecule has 8 heteroatoms. The van der Waals surface area contributed by atoms with Gasteiger partial charge in [-0.2, -0.15) is 0 Å². The van der Waals surface area contributed by atoms with Gasteiger partial charge in [0.25, 0.3) is 0 Å². The number of rotatable bonds is 6. The molecule has 0 saturated heterocycles. The van der Waals surface area contributed by atoms with Gasteiger partial charge in [0.05, 0.1) is 7.11 Å². The summed E-state index contributed by atoms with van der Waals surface area (Å²) in [5.74, 6) is -1.07. The van der Waals surface area contributed by atoms with Gasteiger partial charge in [0.2, 0.25) is 5.91 Å². The number of carbonyl (C=O) groups is 3. The first-order valence-corrected chi connectivity index (χ1v) is 6.79. The molecule has 0 aromatic heterocycles. The van der Waals surface area contributed by atoms with E-state index in [0.717, 1.165) is 12.7 Å². The fourth-order valence-corrected chi connectivity index (χ4v) is 1.45. The smallest absolute Gasteiger partial charge is 0.407 e. The largest absolute Gasteiger partial charge is 0.467 e. The maximum Gasteiger partial charge on any atom is 0.407 e. The van der Waals surface area contributed by atoms with Crippen LogP contribution in [0.1, 0.15) is 12.5 Å². The first-order chi connectivity index (χ1) is 11.0. The minimum atomic E-state index is -0.773. The third kappa shape index (κ3) is 9.10. The first kappa shape index (κ1) is 20.4. The number of amides is 2. The third-order valence-electron chi connectivity index (χ3n) is 2.54. The first-order valence-electron chi connectivity index (χ1n) is 6.79. The molecular weight excluding hydrogens is 304 g/mol. The highest BCUT2D eigenvalue weighted by Gasteiger charge is 2.16. The Balaban J connectivity index is 0.00000232. The van der Waals surface area contributed by atoms with Gasteiger partial charge >= 0.3 is 12.1 Å². The Morgan fingerprint density at radius 1 is 1.17 bits per heavy atom. The van der Waals surface area contributed by atoms with Crippen molar-refractivity contribution < 1.29 is 29.0 Å². The Hall–Kier alpha value is -2.61. The summed E-state index contributed by atoms with van der Waals surface area (Å²) >= 11 is 0. The van der Waals surface area contributed by atoms with Crippen molar-refractivity contribution in [3.63, 3.8) is 0 Å². The van der Waals surface area contributed by atoms with Crippen LogP contribution < -0.4 is 10.6 Å². The van der Waals surface area contributed by atoms with Gasteiger partial charge in [-0.1, -0.05) is 30.3 Å². The second kappa shape index (κ2) is 12.0. The number of aliphatic hydroxyl groups is 1. The molecule has 2 amide bonds. The van der Waals surface area contributed by atoms with E-state index in [1.54, 1.807) is 0 Å². The molecule has 1 unspecified atom stereocenters. The predicted octanol–water partition coefficient (Wildman–Crippen LogP) is 0.199. The molecule has 0 aliphatic heterocycles. The lowest BCUT2D eigenvalue weighted by molar-refractivity contribution is -0.144. The fraction of sp³-hybridized carbons (Fsp3) is 0.400. The minimum Gasteiger partial charge on any atom is -0.467 e. The summed E-state index contributed by atoms with van der Waals surface area (Å²) in [6.07, 6.45) is -0.709. The molecule has 1 rings (SSSR count). The molecule has 0 aliphatic rings. The van der Waals surface area contributed by atoms with Crippen molar-refractivity contribution in [2.24, 2.45) is 0 Å². The number of ether oxygens (including phenoxy) is 2. The van der Waals surface area contributed by atoms with Gasteiger partial charge in [-0.25, -0.2) is 9.59 Å². The molecule has 1 aromatic carbocycles. The van der Waals surface area contributed by atoms with Crippen molar-refractivity contribution in [3.8, 4) is 0 Å². The summed E-state index contributed by atoms with van der Waals surface area (Å²) < 4.78 is 9.39. The quantitative estimate of drug-likeness (QED) is 0.644. The lowest BCUT2D eigenvalue weighted by atomic mass is 10.2. The van der Waals surface area contributed by atoms with Crippen molar-refractivity contribution in [1.29, 1.82) is 0 Å². The normalized spacial score (nSPS) is 10.4. The van der Waals surface area contributed by atoms with E-state index in [4.69, 9.17) is 9.84 Å². The zero-order valence-electron chi connectivity index (χ0n) is 13.4. The van der Waals surface area contributed by atoms with Crippen LogP contribution in [0.25, 0.3) is 0 Å². The van der Waals surface area contributed by atoms with Crippen LogP contribution in [0.3, 0.4) is 0 Å². The van der Waals surface area contributed by atoms with E-state index < -0.39 is 24.0 Å². The second-order valence-electron chi connectivity index (χ2n) is 4.23. The lowest BCUT2D eigenvalue weighted by Gasteiger charge is -2.12. The summed E-state index contributed by atoms with van der Waals surface area (Å²) in [4.78, 5) is 34.0. The predicted molar refractivity (Wildman–Crippen MR) is 82.4 cm³/mol. The van der Waals surface area contributed by atoms with Crippen LogP contribution in [-0.4, -0.2) is 49.9 Å². The highest BCUT2D eigenvalue weighted by Crippen LogP contribution is 2.00. The number of benzene rings is 1. The van der Waals surface area contributed by atoms with Crippen molar-refractivity contribution in [2.75, 3.05) is 20.8 Å². The summed E-state index contributed by atoms with van der Waals surface area (Å²) in [5, 5.41) is 11.7. The van der Waals surface area contributed by atoms with Gasteiger partial charge in [-0.3, -0.25) is 4.79 Å². The summed E-state index contributed by atoms with van der Waals surface area (Å²) in [5.41, 5.74) is 0.844. The fourth-order valence-electron chi connectivity index (χ4n) is 1.45. The summed E-state index contributed by atoms with van der Waals surface area (Å²) in [6.45, 7) is 1.32. The van der Waals surface area contributed by atoms with E-state index in [9.17, 15) is 14.4 Å². The van der Waals surface area contributed by atoms with Gasteiger partial charge in [-0.05, 0) is 12.5 Å². The van der Waals surface area contributed by atoms with Gasteiger partial charge in [0.15, 0.2) is 0 Å². The highest BCUT2D eigenvalue weighted by molar-refractivity contribution is 5.86. The molecule has 128 valence electrons. The average molecular weight is 326 g/mol. The Morgan fingerprint density at radius 3 is 2.35 bits per heavy atom. The number of aliphatic hydroxyl groups excluding tert-OH is 1. The van der Waals surface area contributed by atoms with Crippen molar-refractivity contribution in [1.82, 2.24) is 10.6 Å². The molecule has 8 nitrogen and oxygen atoms in total. The Kier molecular flexibility index (Phi) is 10.6. The molecule has 0 radical (unpaired) electrons. The number of methoxy groups -OCH3 is 1. The van der Waals surface area contributed by atoms with Crippen LogP contribution in [0.2, 0.25) is 0 Å². The Bertz CT molecular complexity index is 492. The van der Waals surface area contributed by atoms with Gasteiger partial charge in [0, 0.05) is 7.11 Å². The number of alkyl carbamates (subject to hydrolysis) is 1. The van der Waals surface area contributed by atoms with Gasteiger partial charge in [-0.15, -0.1) is 0 Å². The van der Waals surface area contributed by atoms with E-state index in [1.807, 2.05) is 30.3 Å². The molecule has 0 bridgehead atoms. The van der Waals surface area contributed by atoms with Crippen LogP contribution in [-0.2, 0) is 25.7 Å². The van der Waals surface area contributed by atoms with Crippen LogP contribution in [0, 0.1) is 0 Å². The standard InChI is InChI=1S/C14H18N2O5.CH4O/c1-10(13(18)20-2)16-12(17)8-15-14(19)21-9-11-6-4-3-5-7-11;1-2/h3-7,10H,8-9H2,1-2H3,(H,15,19)(H,16,17);2H,1H3. The van der Waals surface area contributed by atoms with Crippen molar-refractivity contribution >= 4 is 18.0 Å². The topological polar surface area (TPSA) is 114 Å². The number of carbonyl (C=O) groups excluding carboxylic acids is 3. The van der Waals surface area contributed by atoms with Gasteiger partial charge in [0.1, 0.15) is 19.2 Å². The number of esters is 1. The molecular formula is C15H22N2O6. The molecule has 0 saturated carbocycles. The van der Waals surface area contributed by atoms with E-state index in [2.05, 4.69) is 15.4 Å². The van der Waals surface area contributed by atoms with Crippen molar-refractivity contribution in [2.45, 2.75) is 19.6 Å². The van der Waals surface area contributed by atoms with E-state index in [0.29, 0.717) is 0 Å². The molecule has 1 aromatic rings. The lowest BCUT2D eigenvalue weighted by Crippen LogP contribution is -2.44. The average Bonchev–Trinajstić information content (AvgIpc) is 2.60. The monoisotopic (exact) mass is 326 g/mol.